The summed E-state index contributed by atoms with van der Waals surface area (Å²) in [7, 11) is 0. The molecule has 2 N–H and O–H groups in total. The van der Waals surface area contributed by atoms with E-state index in [4.69, 9.17) is 11.6 Å². The Labute approximate surface area is 153 Å². The van der Waals surface area contributed by atoms with Crippen molar-refractivity contribution in [3.8, 4) is 0 Å². The third-order valence-electron chi connectivity index (χ3n) is 2.96. The van der Waals surface area contributed by atoms with Gasteiger partial charge in [0.2, 0.25) is 11.8 Å². The van der Waals surface area contributed by atoms with E-state index < -0.39 is 0 Å². The topological polar surface area (TPSA) is 70.6 Å². The predicted octanol–water partition coefficient (Wildman–Crippen LogP) is 3.97. The van der Waals surface area contributed by atoms with Crippen LogP contribution in [0.15, 0.2) is 58.1 Å². The Hall–Kier alpha value is -2.18. The molecule has 0 unspecified atom stereocenters. The lowest BCUT2D eigenvalue weighted by atomic mass is 10.2. The number of nitrogens with one attached hydrogen (secondary N) is 2. The van der Waals surface area contributed by atoms with Crippen molar-refractivity contribution in [1.82, 2.24) is 5.43 Å². The summed E-state index contributed by atoms with van der Waals surface area (Å²) in [6.07, 6.45) is 1.66. The van der Waals surface area contributed by atoms with Crippen molar-refractivity contribution in [2.75, 3.05) is 5.32 Å². The Bertz CT molecular complexity index is 748. The first-order valence-corrected chi connectivity index (χ1v) is 8.33. The van der Waals surface area contributed by atoms with Crippen LogP contribution in [-0.2, 0) is 9.59 Å². The van der Waals surface area contributed by atoms with Gasteiger partial charge >= 0.3 is 0 Å². The SMILES string of the molecule is O=C(CCC(=O)Nc1ccc(Cl)cc1)N/N=C/c1cccc(Br)c1. The maximum absolute atomic E-state index is 11.8. The van der Waals surface area contributed by atoms with Crippen molar-refractivity contribution in [2.24, 2.45) is 5.10 Å². The number of benzene rings is 2. The molecule has 0 aliphatic carbocycles. The normalized spacial score (nSPS) is 10.6. The Balaban J connectivity index is 1.72. The zero-order chi connectivity index (χ0) is 17.4. The third kappa shape index (κ3) is 6.52. The monoisotopic (exact) mass is 407 g/mol. The fourth-order valence-corrected chi connectivity index (χ4v) is 2.35. The molecule has 0 atom stereocenters. The van der Waals surface area contributed by atoms with Crippen LogP contribution >= 0.6 is 27.5 Å². The summed E-state index contributed by atoms with van der Waals surface area (Å²) < 4.78 is 0.927. The minimum atomic E-state index is -0.326. The van der Waals surface area contributed by atoms with Crippen LogP contribution in [0.1, 0.15) is 18.4 Å². The van der Waals surface area contributed by atoms with Gasteiger partial charge < -0.3 is 5.32 Å². The lowest BCUT2D eigenvalue weighted by Gasteiger charge is -2.04. The number of hydrogen-bond donors (Lipinski definition) is 2. The van der Waals surface area contributed by atoms with Gasteiger partial charge in [-0.05, 0) is 42.0 Å². The number of anilines is 1. The van der Waals surface area contributed by atoms with Crippen LogP contribution in [0, 0.1) is 0 Å². The summed E-state index contributed by atoms with van der Waals surface area (Å²) in [5, 5.41) is 7.15. The first-order chi connectivity index (χ1) is 11.5. The summed E-state index contributed by atoms with van der Waals surface area (Å²) in [4.78, 5) is 23.4. The summed E-state index contributed by atoms with van der Waals surface area (Å²) in [5.74, 6) is -0.573. The summed E-state index contributed by atoms with van der Waals surface area (Å²) in [5.41, 5.74) is 3.88. The number of carbonyl (C=O) groups excluding carboxylic acids is 2. The number of carbonyl (C=O) groups is 2. The largest absolute Gasteiger partial charge is 0.326 e. The molecule has 0 aromatic heterocycles. The van der Waals surface area contributed by atoms with Gasteiger partial charge in [-0.3, -0.25) is 9.59 Å². The van der Waals surface area contributed by atoms with E-state index in [0.29, 0.717) is 10.7 Å². The zero-order valence-corrected chi connectivity index (χ0v) is 15.0. The van der Waals surface area contributed by atoms with Gasteiger partial charge in [0.1, 0.15) is 0 Å². The second kappa shape index (κ2) is 9.20. The third-order valence-corrected chi connectivity index (χ3v) is 3.70. The molecule has 2 amide bonds. The van der Waals surface area contributed by atoms with Crippen molar-refractivity contribution in [2.45, 2.75) is 12.8 Å². The molecule has 0 heterocycles. The number of nitrogens with zero attached hydrogens (tertiary/aromatic N) is 1. The van der Waals surface area contributed by atoms with Crippen molar-refractivity contribution in [3.05, 3.63) is 63.6 Å². The first-order valence-electron chi connectivity index (χ1n) is 7.16. The van der Waals surface area contributed by atoms with Gasteiger partial charge in [-0.15, -0.1) is 0 Å². The van der Waals surface area contributed by atoms with E-state index in [2.05, 4.69) is 31.8 Å². The van der Waals surface area contributed by atoms with Gasteiger partial charge in [-0.2, -0.15) is 5.10 Å². The highest BCUT2D eigenvalue weighted by molar-refractivity contribution is 9.10. The molecule has 2 rings (SSSR count). The number of amides is 2. The maximum Gasteiger partial charge on any atom is 0.240 e. The molecule has 0 spiro atoms. The quantitative estimate of drug-likeness (QED) is 0.561. The number of rotatable bonds is 6. The van der Waals surface area contributed by atoms with E-state index in [1.165, 1.54) is 6.21 Å². The number of halogens is 2. The van der Waals surface area contributed by atoms with Crippen LogP contribution in [0.2, 0.25) is 5.02 Å². The van der Waals surface area contributed by atoms with Crippen molar-refractivity contribution >= 4 is 51.2 Å². The fraction of sp³-hybridized carbons (Fsp3) is 0.118. The van der Waals surface area contributed by atoms with Crippen LogP contribution in [0.25, 0.3) is 0 Å². The number of hydrogen-bond acceptors (Lipinski definition) is 3. The Morgan fingerprint density at radius 1 is 1.08 bits per heavy atom. The van der Waals surface area contributed by atoms with Crippen LogP contribution in [0.5, 0.6) is 0 Å². The molecule has 2 aromatic rings. The Kier molecular flexibility index (Phi) is 6.96. The Morgan fingerprint density at radius 3 is 2.50 bits per heavy atom. The smallest absolute Gasteiger partial charge is 0.240 e. The van der Waals surface area contributed by atoms with E-state index in [0.717, 1.165) is 10.0 Å². The Morgan fingerprint density at radius 2 is 1.79 bits per heavy atom. The standard InChI is InChI=1S/C17H15BrClN3O2/c18-13-3-1-2-12(10-13)11-20-22-17(24)9-8-16(23)21-15-6-4-14(19)5-7-15/h1-7,10-11H,8-9H2,(H,21,23)(H,22,24)/b20-11+. The molecule has 0 saturated carbocycles. The highest BCUT2D eigenvalue weighted by atomic mass is 79.9. The highest BCUT2D eigenvalue weighted by Gasteiger charge is 2.06. The molecule has 0 radical (unpaired) electrons. The zero-order valence-electron chi connectivity index (χ0n) is 12.6. The van der Waals surface area contributed by atoms with Crippen molar-refractivity contribution in [3.63, 3.8) is 0 Å². The molecule has 5 nitrogen and oxygen atoms in total. The van der Waals surface area contributed by atoms with Crippen LogP contribution < -0.4 is 10.7 Å². The van der Waals surface area contributed by atoms with Gasteiger partial charge in [-0.1, -0.05) is 39.7 Å². The molecule has 0 aliphatic rings. The lowest BCUT2D eigenvalue weighted by molar-refractivity contribution is -0.124. The fourth-order valence-electron chi connectivity index (χ4n) is 1.81. The van der Waals surface area contributed by atoms with Crippen LogP contribution in [0.4, 0.5) is 5.69 Å². The van der Waals surface area contributed by atoms with Crippen molar-refractivity contribution < 1.29 is 9.59 Å². The van der Waals surface area contributed by atoms with Gasteiger partial charge in [0, 0.05) is 28.0 Å². The molecule has 7 heteroatoms. The molecule has 0 aliphatic heterocycles. The average Bonchev–Trinajstić information content (AvgIpc) is 2.55. The molecule has 124 valence electrons. The van der Waals surface area contributed by atoms with E-state index in [1.807, 2.05) is 24.3 Å². The molecule has 2 aromatic carbocycles. The summed E-state index contributed by atoms with van der Waals surface area (Å²) in [6.45, 7) is 0. The molecule has 0 saturated heterocycles. The second-order valence-electron chi connectivity index (χ2n) is 4.90. The van der Waals surface area contributed by atoms with E-state index in [1.54, 1.807) is 24.3 Å². The summed E-state index contributed by atoms with van der Waals surface area (Å²) in [6, 6.07) is 14.3. The predicted molar refractivity (Wildman–Crippen MR) is 99.2 cm³/mol. The number of hydrazone groups is 1. The molecular weight excluding hydrogens is 394 g/mol. The van der Waals surface area contributed by atoms with Gasteiger partial charge in [-0.25, -0.2) is 5.43 Å². The summed E-state index contributed by atoms with van der Waals surface area (Å²) >= 11 is 9.12. The molecule has 0 bridgehead atoms. The molecular formula is C17H15BrClN3O2. The van der Waals surface area contributed by atoms with E-state index in [-0.39, 0.29) is 24.7 Å². The first kappa shape index (κ1) is 18.2. The highest BCUT2D eigenvalue weighted by Crippen LogP contribution is 2.13. The lowest BCUT2D eigenvalue weighted by Crippen LogP contribution is -2.20. The minimum absolute atomic E-state index is 0.0508. The van der Waals surface area contributed by atoms with Crippen molar-refractivity contribution in [1.29, 1.82) is 0 Å². The van der Waals surface area contributed by atoms with E-state index >= 15 is 0 Å². The second-order valence-corrected chi connectivity index (χ2v) is 6.26. The van der Waals surface area contributed by atoms with E-state index in [9.17, 15) is 9.59 Å². The van der Waals surface area contributed by atoms with Crippen LogP contribution in [-0.4, -0.2) is 18.0 Å². The van der Waals surface area contributed by atoms with Gasteiger partial charge in [0.15, 0.2) is 0 Å². The maximum atomic E-state index is 11.8. The average molecular weight is 409 g/mol. The van der Waals surface area contributed by atoms with Crippen LogP contribution in [0.3, 0.4) is 0 Å². The minimum Gasteiger partial charge on any atom is -0.326 e. The van der Waals surface area contributed by atoms with Gasteiger partial charge in [0.05, 0.1) is 6.21 Å². The molecule has 24 heavy (non-hydrogen) atoms. The molecule has 0 fully saturated rings. The van der Waals surface area contributed by atoms with Gasteiger partial charge in [0.25, 0.3) is 0 Å².